The summed E-state index contributed by atoms with van der Waals surface area (Å²) in [5.41, 5.74) is -1.52. The van der Waals surface area contributed by atoms with Crippen LogP contribution in [-0.2, 0) is 6.42 Å². The summed E-state index contributed by atoms with van der Waals surface area (Å²) in [6.07, 6.45) is -4.95. The van der Waals surface area contributed by atoms with E-state index in [9.17, 15) is 31.5 Å². The number of nitrogens with zero attached hydrogens (tertiary/aromatic N) is 1. The number of carbonyl (C=O) groups excluding carboxylic acids is 2. The standard InChI is InChI=1S/C21H13ClF5N3O2/c22-12-1-6-18(28-10-12)30-20(32)16-8-14(24)3-5-17(16)29-19(31)15-4-2-13(23)7-11(15)9-21(25,26)27/h1-8,10H,9H2,(H,29,31)(H,28,30,32). The number of anilines is 2. The monoisotopic (exact) mass is 469 g/mol. The molecule has 2 aromatic carbocycles. The van der Waals surface area contributed by atoms with Gasteiger partial charge in [0.15, 0.2) is 0 Å². The van der Waals surface area contributed by atoms with E-state index in [1.54, 1.807) is 0 Å². The van der Waals surface area contributed by atoms with Gasteiger partial charge < -0.3 is 10.6 Å². The minimum Gasteiger partial charge on any atom is -0.321 e. The highest BCUT2D eigenvalue weighted by Crippen LogP contribution is 2.26. The van der Waals surface area contributed by atoms with Crippen LogP contribution in [-0.4, -0.2) is 23.0 Å². The van der Waals surface area contributed by atoms with Crippen molar-refractivity contribution in [2.45, 2.75) is 12.6 Å². The van der Waals surface area contributed by atoms with Gasteiger partial charge in [0, 0.05) is 11.8 Å². The normalized spacial score (nSPS) is 11.2. The molecule has 0 saturated heterocycles. The highest BCUT2D eigenvalue weighted by molar-refractivity contribution is 6.30. The van der Waals surface area contributed by atoms with Gasteiger partial charge in [0.25, 0.3) is 11.8 Å². The van der Waals surface area contributed by atoms with E-state index in [0.29, 0.717) is 11.1 Å². The number of pyridine rings is 1. The Morgan fingerprint density at radius 1 is 0.875 bits per heavy atom. The van der Waals surface area contributed by atoms with Crippen LogP contribution in [0.5, 0.6) is 0 Å². The van der Waals surface area contributed by atoms with Crippen molar-refractivity contribution in [2.75, 3.05) is 10.6 Å². The van der Waals surface area contributed by atoms with Gasteiger partial charge in [0.2, 0.25) is 0 Å². The van der Waals surface area contributed by atoms with E-state index < -0.39 is 47.2 Å². The Morgan fingerprint density at radius 2 is 1.53 bits per heavy atom. The molecule has 2 amide bonds. The molecule has 1 heterocycles. The molecule has 0 bridgehead atoms. The third-order valence-electron chi connectivity index (χ3n) is 4.15. The fraction of sp³-hybridized carbons (Fsp3) is 0.0952. The van der Waals surface area contributed by atoms with Gasteiger partial charge in [-0.15, -0.1) is 0 Å². The third kappa shape index (κ3) is 6.01. The number of benzene rings is 2. The second-order valence-corrected chi connectivity index (χ2v) is 6.99. The van der Waals surface area contributed by atoms with Crippen LogP contribution in [0, 0.1) is 11.6 Å². The second-order valence-electron chi connectivity index (χ2n) is 6.55. The minimum atomic E-state index is -4.69. The Bertz CT molecular complexity index is 1170. The summed E-state index contributed by atoms with van der Waals surface area (Å²) in [5, 5.41) is 4.98. The van der Waals surface area contributed by atoms with Gasteiger partial charge in [-0.2, -0.15) is 13.2 Å². The maximum atomic E-state index is 13.8. The first-order chi connectivity index (χ1) is 15.0. The zero-order valence-electron chi connectivity index (χ0n) is 15.9. The second kappa shape index (κ2) is 9.31. The van der Waals surface area contributed by atoms with E-state index in [-0.39, 0.29) is 17.1 Å². The molecular weight excluding hydrogens is 457 g/mol. The number of hydrogen-bond acceptors (Lipinski definition) is 3. The lowest BCUT2D eigenvalue weighted by atomic mass is 10.0. The fourth-order valence-electron chi connectivity index (χ4n) is 2.78. The summed E-state index contributed by atoms with van der Waals surface area (Å²) in [5.74, 6) is -3.53. The first-order valence-corrected chi connectivity index (χ1v) is 9.28. The van der Waals surface area contributed by atoms with Gasteiger partial charge in [-0.1, -0.05) is 11.6 Å². The predicted molar refractivity (Wildman–Crippen MR) is 108 cm³/mol. The van der Waals surface area contributed by atoms with Crippen molar-refractivity contribution >= 4 is 34.9 Å². The number of amides is 2. The maximum absolute atomic E-state index is 13.8. The number of hydrogen-bond donors (Lipinski definition) is 2. The number of alkyl halides is 3. The fourth-order valence-corrected chi connectivity index (χ4v) is 2.89. The molecule has 2 N–H and O–H groups in total. The van der Waals surface area contributed by atoms with Crippen LogP contribution in [0.1, 0.15) is 26.3 Å². The Kier molecular flexibility index (Phi) is 6.73. The molecule has 0 radical (unpaired) electrons. The Balaban J connectivity index is 1.89. The smallest absolute Gasteiger partial charge is 0.321 e. The molecule has 0 saturated carbocycles. The molecule has 1 aromatic heterocycles. The van der Waals surface area contributed by atoms with Gasteiger partial charge in [-0.25, -0.2) is 13.8 Å². The summed E-state index contributed by atoms with van der Waals surface area (Å²) < 4.78 is 65.7. The van der Waals surface area contributed by atoms with Gasteiger partial charge in [-0.05, 0) is 54.1 Å². The topological polar surface area (TPSA) is 71.1 Å². The van der Waals surface area contributed by atoms with Gasteiger partial charge in [0.05, 0.1) is 22.7 Å². The van der Waals surface area contributed by atoms with Crippen LogP contribution in [0.2, 0.25) is 5.02 Å². The lowest BCUT2D eigenvalue weighted by Crippen LogP contribution is -2.21. The SMILES string of the molecule is O=C(Nc1ccc(F)cc1C(=O)Nc1ccc(Cl)cn1)c1ccc(F)cc1CC(F)(F)F. The number of halogens is 6. The van der Waals surface area contributed by atoms with Gasteiger partial charge >= 0.3 is 6.18 Å². The molecule has 0 atom stereocenters. The maximum Gasteiger partial charge on any atom is 0.393 e. The van der Waals surface area contributed by atoms with Crippen molar-refractivity contribution in [3.05, 3.63) is 88.1 Å². The molecule has 32 heavy (non-hydrogen) atoms. The van der Waals surface area contributed by atoms with Crippen molar-refractivity contribution in [1.82, 2.24) is 4.98 Å². The highest BCUT2D eigenvalue weighted by atomic mass is 35.5. The molecule has 0 fully saturated rings. The average Bonchev–Trinajstić information content (AvgIpc) is 2.69. The quantitative estimate of drug-likeness (QED) is 0.476. The lowest BCUT2D eigenvalue weighted by molar-refractivity contribution is -0.127. The van der Waals surface area contributed by atoms with Crippen LogP contribution in [0.15, 0.2) is 54.7 Å². The van der Waals surface area contributed by atoms with Crippen LogP contribution < -0.4 is 10.6 Å². The summed E-state index contributed by atoms with van der Waals surface area (Å²) in [4.78, 5) is 29.1. The molecule has 0 aliphatic heterocycles. The molecule has 166 valence electrons. The summed E-state index contributed by atoms with van der Waals surface area (Å²) in [7, 11) is 0. The zero-order chi connectivity index (χ0) is 23.5. The summed E-state index contributed by atoms with van der Waals surface area (Å²) in [6.45, 7) is 0. The van der Waals surface area contributed by atoms with E-state index in [2.05, 4.69) is 15.6 Å². The van der Waals surface area contributed by atoms with E-state index in [4.69, 9.17) is 11.6 Å². The van der Waals surface area contributed by atoms with Crippen LogP contribution in [0.4, 0.5) is 33.5 Å². The Morgan fingerprint density at radius 3 is 2.19 bits per heavy atom. The summed E-state index contributed by atoms with van der Waals surface area (Å²) in [6, 6.07) is 8.04. The van der Waals surface area contributed by atoms with E-state index in [1.165, 1.54) is 18.3 Å². The van der Waals surface area contributed by atoms with E-state index in [1.807, 2.05) is 0 Å². The first-order valence-electron chi connectivity index (χ1n) is 8.91. The molecule has 0 spiro atoms. The molecule has 11 heteroatoms. The average molecular weight is 470 g/mol. The number of aromatic nitrogens is 1. The predicted octanol–water partition coefficient (Wildman–Crippen LogP) is 5.62. The van der Waals surface area contributed by atoms with Crippen molar-refractivity contribution in [2.24, 2.45) is 0 Å². The molecule has 0 unspecified atom stereocenters. The number of nitrogens with one attached hydrogen (secondary N) is 2. The molecule has 3 aromatic rings. The minimum absolute atomic E-state index is 0.0898. The molecule has 3 rings (SSSR count). The number of rotatable bonds is 5. The van der Waals surface area contributed by atoms with Crippen LogP contribution >= 0.6 is 11.6 Å². The molecule has 5 nitrogen and oxygen atoms in total. The Labute approximate surface area is 183 Å². The largest absolute Gasteiger partial charge is 0.393 e. The van der Waals surface area contributed by atoms with Crippen molar-refractivity contribution < 1.29 is 31.5 Å². The highest BCUT2D eigenvalue weighted by Gasteiger charge is 2.30. The van der Waals surface area contributed by atoms with Gasteiger partial charge in [-0.3, -0.25) is 9.59 Å². The van der Waals surface area contributed by atoms with E-state index >= 15 is 0 Å². The summed E-state index contributed by atoms with van der Waals surface area (Å²) >= 11 is 5.72. The van der Waals surface area contributed by atoms with Crippen LogP contribution in [0.3, 0.4) is 0 Å². The third-order valence-corrected chi connectivity index (χ3v) is 4.37. The molecular formula is C21H13ClF5N3O2. The van der Waals surface area contributed by atoms with Crippen LogP contribution in [0.25, 0.3) is 0 Å². The lowest BCUT2D eigenvalue weighted by Gasteiger charge is -2.14. The number of carbonyl (C=O) groups is 2. The zero-order valence-corrected chi connectivity index (χ0v) is 16.7. The van der Waals surface area contributed by atoms with Crippen molar-refractivity contribution in [3.8, 4) is 0 Å². The van der Waals surface area contributed by atoms with Crippen molar-refractivity contribution in [1.29, 1.82) is 0 Å². The Hall–Kier alpha value is -3.53. The molecule has 0 aliphatic carbocycles. The first kappa shape index (κ1) is 23.1. The van der Waals surface area contributed by atoms with Gasteiger partial charge in [0.1, 0.15) is 17.5 Å². The van der Waals surface area contributed by atoms with E-state index in [0.717, 1.165) is 30.3 Å². The van der Waals surface area contributed by atoms with Crippen molar-refractivity contribution in [3.63, 3.8) is 0 Å². The molecule has 0 aliphatic rings.